The minimum atomic E-state index is -0.237. The lowest BCUT2D eigenvalue weighted by molar-refractivity contribution is 0.0748. The van der Waals surface area contributed by atoms with Crippen LogP contribution in [-0.4, -0.2) is 42.0 Å². The number of benzene rings is 2. The molecule has 0 saturated carbocycles. The molecule has 1 aliphatic rings. The van der Waals surface area contributed by atoms with Crippen molar-refractivity contribution in [3.8, 4) is 10.6 Å². The van der Waals surface area contributed by atoms with Crippen molar-refractivity contribution in [2.75, 3.05) is 31.1 Å². The molecule has 5 rings (SSSR count). The van der Waals surface area contributed by atoms with Crippen LogP contribution in [0.15, 0.2) is 60.7 Å². The van der Waals surface area contributed by atoms with E-state index < -0.39 is 0 Å². The molecule has 0 atom stereocenters. The summed E-state index contributed by atoms with van der Waals surface area (Å²) in [6.45, 7) is 4.32. The molecule has 1 fully saturated rings. The monoisotopic (exact) mass is 479 g/mol. The number of amides is 1. The topological polar surface area (TPSA) is 36.4 Å². The smallest absolute Gasteiger partial charge is 0.254 e. The summed E-state index contributed by atoms with van der Waals surface area (Å²) in [5.74, 6) is -0.287. The number of piperazine rings is 1. The van der Waals surface area contributed by atoms with Crippen LogP contribution in [0.5, 0.6) is 0 Å². The molecule has 0 radical (unpaired) electrons. The van der Waals surface area contributed by atoms with Crippen LogP contribution in [0.1, 0.15) is 22.2 Å². The number of hydrogen-bond donors (Lipinski definition) is 0. The van der Waals surface area contributed by atoms with E-state index >= 15 is 0 Å². The van der Waals surface area contributed by atoms with E-state index in [0.717, 1.165) is 27.9 Å². The molecule has 0 bridgehead atoms. The lowest BCUT2D eigenvalue weighted by Gasteiger charge is -2.36. The number of para-hydroxylation sites is 1. The van der Waals surface area contributed by atoms with E-state index in [0.29, 0.717) is 42.5 Å². The fraction of sp³-hybridized carbons (Fsp3) is 0.231. The van der Waals surface area contributed by atoms with Crippen LogP contribution in [0, 0.1) is 5.82 Å². The molecule has 3 heterocycles. The SMILES string of the molecule is CCc1ccc(-c2cc(C(=O)N3CCN(c4ccccc4F)CC3)c3cc(Cl)ccc3n2)s1. The molecular formula is C26H23ClFN3OS. The zero-order chi connectivity index (χ0) is 22.9. The Hall–Kier alpha value is -2.96. The van der Waals surface area contributed by atoms with Crippen LogP contribution >= 0.6 is 22.9 Å². The van der Waals surface area contributed by atoms with Crippen molar-refractivity contribution in [3.63, 3.8) is 0 Å². The van der Waals surface area contributed by atoms with Crippen LogP contribution in [0.4, 0.5) is 10.1 Å². The number of rotatable bonds is 4. The summed E-state index contributed by atoms with van der Waals surface area (Å²) in [6.07, 6.45) is 0.964. The molecule has 4 aromatic rings. The molecule has 2 aromatic carbocycles. The summed E-state index contributed by atoms with van der Waals surface area (Å²) in [5, 5.41) is 1.32. The third-order valence-electron chi connectivity index (χ3n) is 6.02. The molecule has 0 N–H and O–H groups in total. The molecule has 0 unspecified atom stereocenters. The number of pyridine rings is 1. The van der Waals surface area contributed by atoms with Gasteiger partial charge in [0.25, 0.3) is 5.91 Å². The van der Waals surface area contributed by atoms with E-state index in [-0.39, 0.29) is 11.7 Å². The van der Waals surface area contributed by atoms with E-state index in [1.165, 1.54) is 10.9 Å². The third kappa shape index (κ3) is 4.33. The second-order valence-corrected chi connectivity index (χ2v) is 9.67. The predicted octanol–water partition coefficient (Wildman–Crippen LogP) is 6.28. The molecule has 1 saturated heterocycles. The molecule has 168 valence electrons. The average molecular weight is 480 g/mol. The Morgan fingerprint density at radius 2 is 1.85 bits per heavy atom. The Morgan fingerprint density at radius 3 is 2.58 bits per heavy atom. The number of aromatic nitrogens is 1. The van der Waals surface area contributed by atoms with Gasteiger partial charge >= 0.3 is 0 Å². The van der Waals surface area contributed by atoms with Crippen molar-refractivity contribution in [1.82, 2.24) is 9.88 Å². The first-order chi connectivity index (χ1) is 16.0. The first-order valence-corrected chi connectivity index (χ1v) is 12.2. The van der Waals surface area contributed by atoms with Crippen molar-refractivity contribution >= 4 is 45.4 Å². The Bertz CT molecular complexity index is 1330. The lowest BCUT2D eigenvalue weighted by Crippen LogP contribution is -2.49. The molecular weight excluding hydrogens is 457 g/mol. The molecule has 0 aliphatic carbocycles. The minimum Gasteiger partial charge on any atom is -0.366 e. The van der Waals surface area contributed by atoms with Gasteiger partial charge in [-0.25, -0.2) is 9.37 Å². The fourth-order valence-electron chi connectivity index (χ4n) is 4.24. The normalized spacial score (nSPS) is 14.2. The maximum atomic E-state index is 14.2. The fourth-order valence-corrected chi connectivity index (χ4v) is 5.32. The number of halogens is 2. The van der Waals surface area contributed by atoms with Crippen molar-refractivity contribution in [1.29, 1.82) is 0 Å². The van der Waals surface area contributed by atoms with Crippen LogP contribution in [0.2, 0.25) is 5.02 Å². The van der Waals surface area contributed by atoms with Crippen molar-refractivity contribution < 1.29 is 9.18 Å². The van der Waals surface area contributed by atoms with E-state index in [9.17, 15) is 9.18 Å². The molecule has 1 amide bonds. The number of carbonyl (C=O) groups excluding carboxylic acids is 1. The average Bonchev–Trinajstić information content (AvgIpc) is 3.33. The Labute approximate surface area is 201 Å². The Kier molecular flexibility index (Phi) is 6.04. The highest BCUT2D eigenvalue weighted by Crippen LogP contribution is 2.32. The van der Waals surface area contributed by atoms with Gasteiger partial charge in [-0.1, -0.05) is 30.7 Å². The second-order valence-electron chi connectivity index (χ2n) is 8.07. The van der Waals surface area contributed by atoms with Crippen LogP contribution in [0.25, 0.3) is 21.5 Å². The zero-order valence-electron chi connectivity index (χ0n) is 18.2. The van der Waals surface area contributed by atoms with Gasteiger partial charge in [-0.15, -0.1) is 11.3 Å². The number of carbonyl (C=O) groups is 1. The summed E-state index contributed by atoms with van der Waals surface area (Å²) in [4.78, 5) is 24.6. The Morgan fingerprint density at radius 1 is 1.06 bits per heavy atom. The van der Waals surface area contributed by atoms with E-state index in [1.54, 1.807) is 29.5 Å². The van der Waals surface area contributed by atoms with Gasteiger partial charge in [0.2, 0.25) is 0 Å². The van der Waals surface area contributed by atoms with Crippen LogP contribution in [-0.2, 0) is 6.42 Å². The van der Waals surface area contributed by atoms with Crippen LogP contribution < -0.4 is 4.90 Å². The summed E-state index contributed by atoms with van der Waals surface area (Å²) in [7, 11) is 0. The number of anilines is 1. The van der Waals surface area contributed by atoms with Gasteiger partial charge in [0.1, 0.15) is 5.82 Å². The molecule has 4 nitrogen and oxygen atoms in total. The lowest BCUT2D eigenvalue weighted by atomic mass is 10.0. The van der Waals surface area contributed by atoms with E-state index in [1.807, 2.05) is 34.1 Å². The van der Waals surface area contributed by atoms with Crippen molar-refractivity contribution in [3.05, 3.63) is 81.9 Å². The number of fused-ring (bicyclic) bond motifs is 1. The van der Waals surface area contributed by atoms with Gasteiger partial charge in [0.05, 0.1) is 27.3 Å². The summed E-state index contributed by atoms with van der Waals surface area (Å²) in [6, 6.07) is 18.3. The quantitative estimate of drug-likeness (QED) is 0.345. The van der Waals surface area contributed by atoms with E-state index in [4.69, 9.17) is 16.6 Å². The van der Waals surface area contributed by atoms with Gasteiger partial charge < -0.3 is 9.80 Å². The third-order valence-corrected chi connectivity index (χ3v) is 7.51. The maximum Gasteiger partial charge on any atom is 0.254 e. The van der Waals surface area contributed by atoms with Gasteiger partial charge in [-0.3, -0.25) is 4.79 Å². The largest absolute Gasteiger partial charge is 0.366 e. The Balaban J connectivity index is 1.46. The standard InChI is InChI=1S/C26H23ClFN3OS/c1-2-18-8-10-25(33-18)23-16-20(19-15-17(27)7-9-22(19)29-23)26(32)31-13-11-30(12-14-31)24-6-4-3-5-21(24)28/h3-10,15-16H,2,11-14H2,1H3. The van der Waals surface area contributed by atoms with Gasteiger partial charge in [0, 0.05) is 41.5 Å². The van der Waals surface area contributed by atoms with Gasteiger partial charge in [-0.2, -0.15) is 0 Å². The first kappa shape index (κ1) is 21.9. The number of thiophene rings is 1. The highest BCUT2D eigenvalue weighted by atomic mass is 35.5. The highest BCUT2D eigenvalue weighted by Gasteiger charge is 2.25. The number of hydrogen-bond acceptors (Lipinski definition) is 4. The summed E-state index contributed by atoms with van der Waals surface area (Å²) < 4.78 is 14.2. The predicted molar refractivity (Wildman–Crippen MR) is 134 cm³/mol. The molecule has 0 spiro atoms. The molecule has 33 heavy (non-hydrogen) atoms. The van der Waals surface area contributed by atoms with E-state index in [2.05, 4.69) is 19.1 Å². The van der Waals surface area contributed by atoms with Gasteiger partial charge in [-0.05, 0) is 55.0 Å². The second kappa shape index (κ2) is 9.12. The van der Waals surface area contributed by atoms with Crippen LogP contribution in [0.3, 0.4) is 0 Å². The first-order valence-electron chi connectivity index (χ1n) is 11.0. The molecule has 2 aromatic heterocycles. The summed E-state index contributed by atoms with van der Waals surface area (Å²) in [5.41, 5.74) is 2.72. The van der Waals surface area contributed by atoms with Crippen molar-refractivity contribution in [2.45, 2.75) is 13.3 Å². The molecule has 1 aliphatic heterocycles. The van der Waals surface area contributed by atoms with Gasteiger partial charge in [0.15, 0.2) is 0 Å². The van der Waals surface area contributed by atoms with Crippen molar-refractivity contribution in [2.24, 2.45) is 0 Å². The number of aryl methyl sites for hydroxylation is 1. The number of nitrogens with zero attached hydrogens (tertiary/aromatic N) is 3. The summed E-state index contributed by atoms with van der Waals surface area (Å²) >= 11 is 7.97. The zero-order valence-corrected chi connectivity index (χ0v) is 19.8. The minimum absolute atomic E-state index is 0.0497. The molecule has 7 heteroatoms. The maximum absolute atomic E-state index is 14.2. The highest BCUT2D eigenvalue weighted by molar-refractivity contribution is 7.15.